The lowest BCUT2D eigenvalue weighted by Gasteiger charge is -2.02. The molecular formula is C20H18N6. The van der Waals surface area contributed by atoms with Crippen molar-refractivity contribution in [2.45, 2.75) is 26.2 Å². The molecule has 6 nitrogen and oxygen atoms in total. The minimum Gasteiger partial charge on any atom is -0.340 e. The van der Waals surface area contributed by atoms with Crippen LogP contribution >= 0.6 is 0 Å². The van der Waals surface area contributed by atoms with Crippen LogP contribution in [0.3, 0.4) is 0 Å². The van der Waals surface area contributed by atoms with Crippen LogP contribution in [0.5, 0.6) is 0 Å². The van der Waals surface area contributed by atoms with E-state index in [1.807, 2.05) is 16.6 Å². The zero-order chi connectivity index (χ0) is 17.5. The van der Waals surface area contributed by atoms with Crippen molar-refractivity contribution >= 4 is 27.6 Å². The molecule has 0 radical (unpaired) electrons. The van der Waals surface area contributed by atoms with E-state index in [1.54, 1.807) is 6.33 Å². The minimum atomic E-state index is 0.695. The van der Waals surface area contributed by atoms with E-state index in [9.17, 15) is 0 Å². The summed E-state index contributed by atoms with van der Waals surface area (Å²) in [6, 6.07) is 14.6. The van der Waals surface area contributed by atoms with Crippen molar-refractivity contribution in [2.24, 2.45) is 0 Å². The predicted octanol–water partition coefficient (Wildman–Crippen LogP) is 4.16. The molecule has 0 bridgehead atoms. The third-order valence-electron chi connectivity index (χ3n) is 4.69. The van der Waals surface area contributed by atoms with E-state index >= 15 is 0 Å². The zero-order valence-corrected chi connectivity index (χ0v) is 14.5. The predicted molar refractivity (Wildman–Crippen MR) is 102 cm³/mol. The molecular weight excluding hydrogens is 324 g/mol. The standard InChI is InChI=1S/C20H18N6/c1-2-3-8-16-23-19-17(21-12-22-19)20-24-18(25-26(16)20)15-10-9-13-6-4-5-7-14(13)11-15/h4-7,9-12H,2-3,8H2,1H3,(H,21,22). The van der Waals surface area contributed by atoms with Crippen molar-refractivity contribution in [1.29, 1.82) is 0 Å². The fraction of sp³-hybridized carbons (Fsp3) is 0.200. The fourth-order valence-corrected chi connectivity index (χ4v) is 3.31. The van der Waals surface area contributed by atoms with Gasteiger partial charge >= 0.3 is 0 Å². The molecule has 0 unspecified atom stereocenters. The number of aromatic nitrogens is 6. The molecule has 128 valence electrons. The summed E-state index contributed by atoms with van der Waals surface area (Å²) in [4.78, 5) is 16.9. The van der Waals surface area contributed by atoms with Crippen LogP contribution in [0.4, 0.5) is 0 Å². The van der Waals surface area contributed by atoms with Gasteiger partial charge in [0.1, 0.15) is 11.3 Å². The number of hydrogen-bond acceptors (Lipinski definition) is 4. The van der Waals surface area contributed by atoms with Crippen molar-refractivity contribution in [3.63, 3.8) is 0 Å². The van der Waals surface area contributed by atoms with E-state index in [1.165, 1.54) is 10.8 Å². The molecule has 5 rings (SSSR count). The van der Waals surface area contributed by atoms with Crippen molar-refractivity contribution in [3.8, 4) is 11.4 Å². The molecule has 3 aromatic heterocycles. The van der Waals surface area contributed by atoms with Gasteiger partial charge in [-0.3, -0.25) is 0 Å². The Morgan fingerprint density at radius 2 is 1.92 bits per heavy atom. The van der Waals surface area contributed by atoms with Crippen LogP contribution in [0.25, 0.3) is 39.0 Å². The van der Waals surface area contributed by atoms with Gasteiger partial charge in [0.15, 0.2) is 17.1 Å². The number of rotatable bonds is 4. The van der Waals surface area contributed by atoms with E-state index < -0.39 is 0 Å². The molecule has 3 heterocycles. The normalized spacial score (nSPS) is 11.7. The summed E-state index contributed by atoms with van der Waals surface area (Å²) >= 11 is 0. The summed E-state index contributed by atoms with van der Waals surface area (Å²) in [5, 5.41) is 7.16. The largest absolute Gasteiger partial charge is 0.340 e. The number of fused-ring (bicyclic) bond motifs is 4. The minimum absolute atomic E-state index is 0.695. The SMILES string of the molecule is CCCCc1nc2nc[nH]c2c2nc(-c3ccc4ccccc4c3)nn12. The van der Waals surface area contributed by atoms with E-state index in [-0.39, 0.29) is 0 Å². The van der Waals surface area contributed by atoms with Crippen LogP contribution < -0.4 is 0 Å². The Hall–Kier alpha value is -3.28. The van der Waals surface area contributed by atoms with Gasteiger partial charge in [0.2, 0.25) is 0 Å². The van der Waals surface area contributed by atoms with Crippen molar-refractivity contribution in [2.75, 3.05) is 0 Å². The molecule has 6 heteroatoms. The smallest absolute Gasteiger partial charge is 0.185 e. The number of hydrogen-bond donors (Lipinski definition) is 1. The number of nitrogens with one attached hydrogen (secondary N) is 1. The number of H-pyrrole nitrogens is 1. The Bertz CT molecular complexity index is 1230. The third kappa shape index (κ3) is 2.34. The lowest BCUT2D eigenvalue weighted by molar-refractivity contribution is 0.719. The highest BCUT2D eigenvalue weighted by Gasteiger charge is 2.15. The molecule has 1 N–H and O–H groups in total. The lowest BCUT2D eigenvalue weighted by atomic mass is 10.1. The van der Waals surface area contributed by atoms with E-state index in [0.29, 0.717) is 11.5 Å². The van der Waals surface area contributed by atoms with Gasteiger partial charge in [-0.1, -0.05) is 49.7 Å². The first-order chi connectivity index (χ1) is 12.8. The van der Waals surface area contributed by atoms with Crippen molar-refractivity contribution < 1.29 is 0 Å². The van der Waals surface area contributed by atoms with Crippen LogP contribution in [0.2, 0.25) is 0 Å². The molecule has 0 aliphatic carbocycles. The van der Waals surface area contributed by atoms with Crippen LogP contribution in [0, 0.1) is 0 Å². The van der Waals surface area contributed by atoms with Gasteiger partial charge in [0.05, 0.1) is 6.33 Å². The second kappa shape index (κ2) is 5.91. The highest BCUT2D eigenvalue weighted by molar-refractivity contribution is 5.88. The summed E-state index contributed by atoms with van der Waals surface area (Å²) in [6.45, 7) is 2.17. The van der Waals surface area contributed by atoms with Gasteiger partial charge in [-0.15, -0.1) is 5.10 Å². The monoisotopic (exact) mass is 342 g/mol. The second-order valence-electron chi connectivity index (χ2n) is 6.47. The molecule has 5 aromatic rings. The molecule has 0 saturated carbocycles. The summed E-state index contributed by atoms with van der Waals surface area (Å²) in [7, 11) is 0. The van der Waals surface area contributed by atoms with Crippen LogP contribution in [0.1, 0.15) is 25.6 Å². The quantitative estimate of drug-likeness (QED) is 0.532. The van der Waals surface area contributed by atoms with Gasteiger partial charge < -0.3 is 4.98 Å². The second-order valence-corrected chi connectivity index (χ2v) is 6.47. The topological polar surface area (TPSA) is 71.8 Å². The first-order valence-corrected chi connectivity index (χ1v) is 8.91. The molecule has 0 fully saturated rings. The highest BCUT2D eigenvalue weighted by Crippen LogP contribution is 2.24. The number of imidazole rings is 1. The summed E-state index contributed by atoms with van der Waals surface area (Å²) in [6.07, 6.45) is 4.68. The van der Waals surface area contributed by atoms with E-state index in [4.69, 9.17) is 10.1 Å². The fourth-order valence-electron chi connectivity index (χ4n) is 3.31. The number of benzene rings is 2. The Balaban J connectivity index is 1.72. The van der Waals surface area contributed by atoms with Crippen LogP contribution in [-0.4, -0.2) is 29.5 Å². The maximum atomic E-state index is 4.80. The number of unbranched alkanes of at least 4 members (excludes halogenated alkanes) is 1. The Morgan fingerprint density at radius 1 is 1.04 bits per heavy atom. The number of nitrogens with zero attached hydrogens (tertiary/aromatic N) is 5. The average Bonchev–Trinajstić information content (AvgIpc) is 3.32. The third-order valence-corrected chi connectivity index (χ3v) is 4.69. The molecule has 2 aromatic carbocycles. The number of aryl methyl sites for hydroxylation is 1. The van der Waals surface area contributed by atoms with Crippen molar-refractivity contribution in [3.05, 3.63) is 54.6 Å². The van der Waals surface area contributed by atoms with Crippen LogP contribution in [0.15, 0.2) is 48.8 Å². The van der Waals surface area contributed by atoms with Gasteiger partial charge in [0, 0.05) is 12.0 Å². The summed E-state index contributed by atoms with van der Waals surface area (Å²) < 4.78 is 1.86. The molecule has 0 saturated heterocycles. The Morgan fingerprint density at radius 3 is 2.81 bits per heavy atom. The maximum Gasteiger partial charge on any atom is 0.185 e. The molecule has 0 spiro atoms. The van der Waals surface area contributed by atoms with E-state index in [2.05, 4.69) is 52.2 Å². The van der Waals surface area contributed by atoms with Crippen LogP contribution in [-0.2, 0) is 6.42 Å². The summed E-state index contributed by atoms with van der Waals surface area (Å²) in [5.74, 6) is 1.61. The summed E-state index contributed by atoms with van der Waals surface area (Å²) in [5.41, 5.74) is 3.30. The van der Waals surface area contributed by atoms with Crippen molar-refractivity contribution in [1.82, 2.24) is 29.5 Å². The maximum absolute atomic E-state index is 4.80. The van der Waals surface area contributed by atoms with Gasteiger partial charge in [-0.25, -0.2) is 15.0 Å². The first kappa shape index (κ1) is 15.0. The van der Waals surface area contributed by atoms with Gasteiger partial charge in [-0.05, 0) is 23.3 Å². The molecule has 0 amide bonds. The highest BCUT2D eigenvalue weighted by atomic mass is 15.3. The van der Waals surface area contributed by atoms with Gasteiger partial charge in [-0.2, -0.15) is 4.52 Å². The zero-order valence-electron chi connectivity index (χ0n) is 14.5. The number of aromatic amines is 1. The molecule has 0 atom stereocenters. The van der Waals surface area contributed by atoms with E-state index in [0.717, 1.165) is 41.8 Å². The Labute approximate surface area is 149 Å². The Kier molecular flexibility index (Phi) is 3.41. The lowest BCUT2D eigenvalue weighted by Crippen LogP contribution is -2.03. The average molecular weight is 342 g/mol. The molecule has 26 heavy (non-hydrogen) atoms. The first-order valence-electron chi connectivity index (χ1n) is 8.91. The molecule has 0 aliphatic rings. The van der Waals surface area contributed by atoms with Gasteiger partial charge in [0.25, 0.3) is 0 Å². The molecule has 0 aliphatic heterocycles.